The van der Waals surface area contributed by atoms with E-state index in [4.69, 9.17) is 0 Å². The van der Waals surface area contributed by atoms with Gasteiger partial charge in [-0.3, -0.25) is 18.7 Å². The van der Waals surface area contributed by atoms with Crippen LogP contribution in [0.4, 0.5) is 10.1 Å². The average molecular weight is 342 g/mol. The number of aromatic nitrogens is 3. The first-order valence-electron chi connectivity index (χ1n) is 7.44. The van der Waals surface area contributed by atoms with Crippen LogP contribution >= 0.6 is 0 Å². The van der Waals surface area contributed by atoms with Crippen molar-refractivity contribution in [3.05, 3.63) is 68.2 Å². The smallest absolute Gasteiger partial charge is 0.321 e. The van der Waals surface area contributed by atoms with E-state index in [2.05, 4.69) is 10.3 Å². The van der Waals surface area contributed by atoms with Crippen LogP contribution in [0.15, 0.2) is 39.9 Å². The summed E-state index contributed by atoms with van der Waals surface area (Å²) in [5.74, 6) is -1.01. The molecule has 3 aromatic rings. The number of hydrogen-bond donors (Lipinski definition) is 1. The van der Waals surface area contributed by atoms with Crippen molar-refractivity contribution in [3.63, 3.8) is 0 Å². The molecule has 0 spiro atoms. The van der Waals surface area contributed by atoms with E-state index < -0.39 is 23.0 Å². The summed E-state index contributed by atoms with van der Waals surface area (Å²) in [6.45, 7) is 1.62. The Kier molecular flexibility index (Phi) is 3.96. The SMILES string of the molecule is Cc1ccc(NC(=O)c2ccc3c(=O)n(C)c(=O)n(C)c3n2)cc1F. The van der Waals surface area contributed by atoms with Crippen molar-refractivity contribution in [3.8, 4) is 0 Å². The summed E-state index contributed by atoms with van der Waals surface area (Å²) in [5, 5.41) is 2.76. The van der Waals surface area contributed by atoms with Gasteiger partial charge in [0.2, 0.25) is 0 Å². The molecule has 0 aliphatic heterocycles. The average Bonchev–Trinajstić information content (AvgIpc) is 2.60. The van der Waals surface area contributed by atoms with Gasteiger partial charge in [0.15, 0.2) is 0 Å². The number of fused-ring (bicyclic) bond motifs is 1. The van der Waals surface area contributed by atoms with Crippen LogP contribution in [0.3, 0.4) is 0 Å². The number of hydrogen-bond acceptors (Lipinski definition) is 4. The third-order valence-electron chi connectivity index (χ3n) is 3.96. The van der Waals surface area contributed by atoms with Crippen LogP contribution in [0.25, 0.3) is 11.0 Å². The second-order valence-electron chi connectivity index (χ2n) is 5.69. The Morgan fingerprint density at radius 2 is 1.84 bits per heavy atom. The molecule has 1 amide bonds. The highest BCUT2D eigenvalue weighted by Crippen LogP contribution is 2.15. The summed E-state index contributed by atoms with van der Waals surface area (Å²) >= 11 is 0. The van der Waals surface area contributed by atoms with Crippen LogP contribution in [-0.4, -0.2) is 20.0 Å². The van der Waals surface area contributed by atoms with Crippen molar-refractivity contribution < 1.29 is 9.18 Å². The second-order valence-corrected chi connectivity index (χ2v) is 5.69. The van der Waals surface area contributed by atoms with Gasteiger partial charge in [-0.15, -0.1) is 0 Å². The van der Waals surface area contributed by atoms with Crippen LogP contribution in [0, 0.1) is 12.7 Å². The molecule has 0 unspecified atom stereocenters. The number of pyridine rings is 1. The lowest BCUT2D eigenvalue weighted by Gasteiger charge is -2.09. The van der Waals surface area contributed by atoms with E-state index in [0.29, 0.717) is 5.56 Å². The number of anilines is 1. The van der Waals surface area contributed by atoms with Gasteiger partial charge in [0.05, 0.1) is 5.39 Å². The van der Waals surface area contributed by atoms with Crippen molar-refractivity contribution in [2.75, 3.05) is 5.32 Å². The maximum absolute atomic E-state index is 13.6. The lowest BCUT2D eigenvalue weighted by molar-refractivity contribution is 0.102. The number of benzene rings is 1. The maximum Gasteiger partial charge on any atom is 0.332 e. The normalized spacial score (nSPS) is 10.9. The number of nitrogens with one attached hydrogen (secondary N) is 1. The van der Waals surface area contributed by atoms with E-state index >= 15 is 0 Å². The molecular formula is C17H15FN4O3. The van der Waals surface area contributed by atoms with Crippen LogP contribution in [-0.2, 0) is 14.1 Å². The summed E-state index contributed by atoms with van der Waals surface area (Å²) < 4.78 is 15.7. The fraction of sp³-hybridized carbons (Fsp3) is 0.176. The molecule has 1 N–H and O–H groups in total. The van der Waals surface area contributed by atoms with Crippen molar-refractivity contribution in [2.45, 2.75) is 6.92 Å². The molecule has 3 rings (SSSR count). The van der Waals surface area contributed by atoms with E-state index in [1.807, 2.05) is 0 Å². The minimum absolute atomic E-state index is 0.0109. The highest BCUT2D eigenvalue weighted by molar-refractivity contribution is 6.03. The molecule has 0 atom stereocenters. The van der Waals surface area contributed by atoms with Gasteiger partial charge in [-0.25, -0.2) is 14.2 Å². The lowest BCUT2D eigenvalue weighted by atomic mass is 10.2. The number of amides is 1. The summed E-state index contributed by atoms with van der Waals surface area (Å²) in [6.07, 6.45) is 0. The van der Waals surface area contributed by atoms with E-state index in [0.717, 1.165) is 4.57 Å². The van der Waals surface area contributed by atoms with E-state index in [1.165, 1.54) is 36.9 Å². The monoisotopic (exact) mass is 342 g/mol. The zero-order chi connectivity index (χ0) is 18.3. The number of rotatable bonds is 2. The van der Waals surface area contributed by atoms with Crippen molar-refractivity contribution in [1.82, 2.24) is 14.1 Å². The maximum atomic E-state index is 13.6. The first-order chi connectivity index (χ1) is 11.8. The first-order valence-corrected chi connectivity index (χ1v) is 7.44. The van der Waals surface area contributed by atoms with Crippen molar-refractivity contribution >= 4 is 22.6 Å². The number of carbonyl (C=O) groups is 1. The molecule has 0 bridgehead atoms. The Balaban J connectivity index is 2.04. The number of halogens is 1. The molecule has 0 radical (unpaired) electrons. The molecular weight excluding hydrogens is 327 g/mol. The largest absolute Gasteiger partial charge is 0.332 e. The summed E-state index contributed by atoms with van der Waals surface area (Å²) in [6, 6.07) is 7.15. The predicted octanol–water partition coefficient (Wildman–Crippen LogP) is 1.33. The first kappa shape index (κ1) is 16.6. The van der Waals surface area contributed by atoms with E-state index in [9.17, 15) is 18.8 Å². The van der Waals surface area contributed by atoms with Crippen molar-refractivity contribution in [2.24, 2.45) is 14.1 Å². The summed E-state index contributed by atoms with van der Waals surface area (Å²) in [4.78, 5) is 40.6. The zero-order valence-electron chi connectivity index (χ0n) is 13.8. The second kappa shape index (κ2) is 5.97. The highest BCUT2D eigenvalue weighted by atomic mass is 19.1. The molecule has 2 aromatic heterocycles. The minimum Gasteiger partial charge on any atom is -0.321 e. The fourth-order valence-electron chi connectivity index (χ4n) is 2.45. The Labute approximate surface area is 141 Å². The molecule has 0 aliphatic carbocycles. The van der Waals surface area contributed by atoms with Gasteiger partial charge in [-0.05, 0) is 36.8 Å². The Hall–Kier alpha value is -3.29. The number of aryl methyl sites for hydroxylation is 2. The van der Waals surface area contributed by atoms with Gasteiger partial charge in [0, 0.05) is 19.8 Å². The van der Waals surface area contributed by atoms with E-state index in [1.54, 1.807) is 19.1 Å². The summed E-state index contributed by atoms with van der Waals surface area (Å²) in [5.41, 5.74) is -0.158. The standard InChI is InChI=1S/C17H15FN4O3/c1-9-4-5-10(8-12(9)18)19-15(23)13-7-6-11-14(20-13)21(2)17(25)22(3)16(11)24/h4-8H,1-3H3,(H,19,23). The van der Waals surface area contributed by atoms with Crippen molar-refractivity contribution in [1.29, 1.82) is 0 Å². The molecule has 128 valence electrons. The van der Waals surface area contributed by atoms with Crippen LogP contribution in [0.2, 0.25) is 0 Å². The Morgan fingerprint density at radius 1 is 1.12 bits per heavy atom. The van der Waals surface area contributed by atoms with Crippen LogP contribution in [0.5, 0.6) is 0 Å². The molecule has 25 heavy (non-hydrogen) atoms. The molecule has 0 saturated carbocycles. The van der Waals surface area contributed by atoms with Gasteiger partial charge < -0.3 is 5.32 Å². The van der Waals surface area contributed by atoms with Gasteiger partial charge in [0.25, 0.3) is 11.5 Å². The lowest BCUT2D eigenvalue weighted by Crippen LogP contribution is -2.37. The third-order valence-corrected chi connectivity index (χ3v) is 3.96. The van der Waals surface area contributed by atoms with Gasteiger partial charge >= 0.3 is 5.69 Å². The molecule has 1 aromatic carbocycles. The number of carbonyl (C=O) groups excluding carboxylic acids is 1. The predicted molar refractivity (Wildman–Crippen MR) is 91.3 cm³/mol. The minimum atomic E-state index is -0.571. The van der Waals surface area contributed by atoms with E-state index in [-0.39, 0.29) is 22.4 Å². The van der Waals surface area contributed by atoms with Crippen LogP contribution in [0.1, 0.15) is 16.1 Å². The topological polar surface area (TPSA) is 86.0 Å². The fourth-order valence-corrected chi connectivity index (χ4v) is 2.45. The quantitative estimate of drug-likeness (QED) is 0.761. The Bertz CT molecular complexity index is 1130. The Morgan fingerprint density at radius 3 is 2.52 bits per heavy atom. The molecule has 0 saturated heterocycles. The van der Waals surface area contributed by atoms with Gasteiger partial charge in [-0.1, -0.05) is 6.07 Å². The summed E-state index contributed by atoms with van der Waals surface area (Å²) in [7, 11) is 2.84. The molecule has 0 fully saturated rings. The zero-order valence-corrected chi connectivity index (χ0v) is 13.8. The molecule has 8 heteroatoms. The molecule has 2 heterocycles. The highest BCUT2D eigenvalue weighted by Gasteiger charge is 2.14. The van der Waals surface area contributed by atoms with Gasteiger partial charge in [-0.2, -0.15) is 0 Å². The van der Waals surface area contributed by atoms with Crippen LogP contribution < -0.4 is 16.6 Å². The van der Waals surface area contributed by atoms with Gasteiger partial charge in [0.1, 0.15) is 17.2 Å². The number of nitrogens with zero attached hydrogens (tertiary/aromatic N) is 3. The molecule has 0 aliphatic rings. The molecule has 7 nitrogen and oxygen atoms in total. The third kappa shape index (κ3) is 2.82.